The first-order chi connectivity index (χ1) is 15.4. The Balaban J connectivity index is 1.80. The van der Waals surface area contributed by atoms with E-state index in [0.717, 1.165) is 44.1 Å². The molecule has 0 unspecified atom stereocenters. The highest BCUT2D eigenvalue weighted by Crippen LogP contribution is 2.42. The van der Waals surface area contributed by atoms with Crippen LogP contribution in [0.5, 0.6) is 0 Å². The number of para-hydroxylation sites is 1. The smallest absolute Gasteiger partial charge is 0.147 e. The number of fused-ring (bicyclic) bond motifs is 6. The van der Waals surface area contributed by atoms with Crippen LogP contribution in [0.3, 0.4) is 0 Å². The topological polar surface area (TPSA) is 26.0 Å². The lowest BCUT2D eigenvalue weighted by Crippen LogP contribution is -2.12. The van der Waals surface area contributed by atoms with Crippen LogP contribution in [-0.2, 0) is 5.41 Å². The van der Waals surface area contributed by atoms with Crippen LogP contribution in [0.15, 0.2) is 83.3 Å². The normalized spacial score (nSPS) is 12.4. The van der Waals surface area contributed by atoms with Gasteiger partial charge in [-0.3, -0.25) is 0 Å². The highest BCUT2D eigenvalue weighted by molar-refractivity contribution is 6.19. The number of rotatable bonds is 1. The van der Waals surface area contributed by atoms with E-state index in [-0.39, 0.29) is 5.41 Å². The maximum absolute atomic E-state index is 6.43. The summed E-state index contributed by atoms with van der Waals surface area (Å²) >= 11 is 0. The number of hydrogen-bond acceptors (Lipinski definition) is 2. The van der Waals surface area contributed by atoms with Crippen LogP contribution in [0.25, 0.3) is 54.9 Å². The van der Waals surface area contributed by atoms with Crippen LogP contribution < -0.4 is 0 Å². The van der Waals surface area contributed by atoms with E-state index in [1.807, 2.05) is 12.1 Å². The summed E-state index contributed by atoms with van der Waals surface area (Å²) in [7, 11) is 0. The fourth-order valence-electron chi connectivity index (χ4n) is 4.85. The van der Waals surface area contributed by atoms with Crippen molar-refractivity contribution in [3.63, 3.8) is 0 Å². The molecule has 0 radical (unpaired) electrons. The molecule has 2 heterocycles. The molecule has 6 rings (SSSR count). The predicted molar refractivity (Wildman–Crippen MR) is 135 cm³/mol. The Morgan fingerprint density at radius 2 is 1.50 bits per heavy atom. The van der Waals surface area contributed by atoms with E-state index < -0.39 is 0 Å². The fraction of sp³-hybridized carbons (Fsp3) is 0.167. The highest BCUT2D eigenvalue weighted by atomic mass is 16.3. The average Bonchev–Trinajstić information content (AvgIpc) is 3.17. The number of pyridine rings is 1. The molecule has 0 fully saturated rings. The van der Waals surface area contributed by atoms with Crippen molar-refractivity contribution in [2.75, 3.05) is 0 Å². The molecule has 0 aliphatic carbocycles. The van der Waals surface area contributed by atoms with Crippen molar-refractivity contribution in [2.24, 2.45) is 0 Å². The van der Waals surface area contributed by atoms with Crippen LogP contribution in [0.4, 0.5) is 0 Å². The Labute approximate surface area is 187 Å². The molecule has 2 heteroatoms. The van der Waals surface area contributed by atoms with E-state index in [4.69, 9.17) is 9.40 Å². The summed E-state index contributed by atoms with van der Waals surface area (Å²) in [6.45, 7) is 8.94. The first-order valence-electron chi connectivity index (χ1n) is 11.2. The third kappa shape index (κ3) is 2.83. The van der Waals surface area contributed by atoms with E-state index >= 15 is 0 Å². The molecular formula is C30H25NO. The minimum absolute atomic E-state index is 0.0150. The van der Waals surface area contributed by atoms with Crippen molar-refractivity contribution in [1.29, 1.82) is 0 Å². The van der Waals surface area contributed by atoms with Crippen molar-refractivity contribution in [1.82, 2.24) is 4.98 Å². The first kappa shape index (κ1) is 19.1. The van der Waals surface area contributed by atoms with Crippen molar-refractivity contribution in [2.45, 2.75) is 33.1 Å². The average molecular weight is 416 g/mol. The van der Waals surface area contributed by atoms with Crippen LogP contribution in [-0.4, -0.2) is 4.98 Å². The van der Waals surface area contributed by atoms with Gasteiger partial charge < -0.3 is 4.42 Å². The molecule has 0 atom stereocenters. The van der Waals surface area contributed by atoms with E-state index in [1.165, 1.54) is 21.9 Å². The molecule has 0 amide bonds. The molecule has 0 bridgehead atoms. The van der Waals surface area contributed by atoms with E-state index in [1.54, 1.807) is 0 Å². The van der Waals surface area contributed by atoms with Crippen LogP contribution in [0.2, 0.25) is 0 Å². The molecular weight excluding hydrogens is 390 g/mol. The SMILES string of the molecule is Cc1ccc2nc(-c3cc(C(C)(C)C)c4ccccc4c3)c3c4ccccc4oc3c2c1. The van der Waals surface area contributed by atoms with E-state index in [0.29, 0.717) is 0 Å². The van der Waals surface area contributed by atoms with Gasteiger partial charge in [0.15, 0.2) is 0 Å². The molecule has 0 aliphatic rings. The molecule has 32 heavy (non-hydrogen) atoms. The molecule has 4 aromatic carbocycles. The fourth-order valence-corrected chi connectivity index (χ4v) is 4.85. The Bertz CT molecular complexity index is 1660. The summed E-state index contributed by atoms with van der Waals surface area (Å²) in [6, 6.07) is 27.9. The van der Waals surface area contributed by atoms with Gasteiger partial charge in [0.1, 0.15) is 11.2 Å². The molecule has 0 N–H and O–H groups in total. The van der Waals surface area contributed by atoms with Crippen LogP contribution >= 0.6 is 0 Å². The summed E-state index contributed by atoms with van der Waals surface area (Å²) in [5, 5.41) is 5.81. The number of aryl methyl sites for hydroxylation is 1. The second-order valence-electron chi connectivity index (χ2n) is 9.78. The highest BCUT2D eigenvalue weighted by Gasteiger charge is 2.22. The second-order valence-corrected chi connectivity index (χ2v) is 9.78. The number of hydrogen-bond donors (Lipinski definition) is 0. The standard InChI is InChI=1S/C30H25NO/c1-18-13-14-25-23(15-18)29-27(22-11-7-8-12-26(22)32-29)28(31-25)20-16-19-9-5-6-10-21(19)24(17-20)30(2,3)4/h5-17H,1-4H3. The lowest BCUT2D eigenvalue weighted by molar-refractivity contribution is 0.596. The van der Waals surface area contributed by atoms with Gasteiger partial charge in [0.2, 0.25) is 0 Å². The van der Waals surface area contributed by atoms with Gasteiger partial charge in [-0.15, -0.1) is 0 Å². The lowest BCUT2D eigenvalue weighted by Gasteiger charge is -2.23. The maximum atomic E-state index is 6.43. The predicted octanol–water partition coefficient (Wildman–Crippen LogP) is 8.56. The van der Waals surface area contributed by atoms with Crippen molar-refractivity contribution < 1.29 is 4.42 Å². The van der Waals surface area contributed by atoms with Gasteiger partial charge in [-0.25, -0.2) is 4.98 Å². The second kappa shape index (κ2) is 6.67. The molecule has 2 aromatic heterocycles. The zero-order chi connectivity index (χ0) is 22.0. The van der Waals surface area contributed by atoms with Gasteiger partial charge >= 0.3 is 0 Å². The van der Waals surface area contributed by atoms with Gasteiger partial charge in [0.25, 0.3) is 0 Å². The Hall–Kier alpha value is -3.65. The summed E-state index contributed by atoms with van der Waals surface area (Å²) in [4.78, 5) is 5.21. The molecule has 2 nitrogen and oxygen atoms in total. The van der Waals surface area contributed by atoms with E-state index in [9.17, 15) is 0 Å². The largest absolute Gasteiger partial charge is 0.455 e. The number of benzene rings is 4. The Kier molecular flexibility index (Phi) is 3.98. The van der Waals surface area contributed by atoms with Crippen molar-refractivity contribution in [3.8, 4) is 11.3 Å². The number of nitrogens with zero attached hydrogens (tertiary/aromatic N) is 1. The first-order valence-corrected chi connectivity index (χ1v) is 11.2. The van der Waals surface area contributed by atoms with Gasteiger partial charge in [-0.2, -0.15) is 0 Å². The van der Waals surface area contributed by atoms with Crippen LogP contribution in [0, 0.1) is 6.92 Å². The summed E-state index contributed by atoms with van der Waals surface area (Å²) in [5.41, 5.74) is 7.44. The van der Waals surface area contributed by atoms with Gasteiger partial charge in [-0.1, -0.05) is 74.9 Å². The zero-order valence-corrected chi connectivity index (χ0v) is 18.9. The number of furan rings is 1. The lowest BCUT2D eigenvalue weighted by atomic mass is 9.82. The molecule has 0 saturated carbocycles. The van der Waals surface area contributed by atoms with Gasteiger partial charge in [-0.05, 0) is 59.0 Å². The summed E-state index contributed by atoms with van der Waals surface area (Å²) < 4.78 is 6.43. The van der Waals surface area contributed by atoms with E-state index in [2.05, 4.69) is 94.4 Å². The third-order valence-electron chi connectivity index (χ3n) is 6.40. The Morgan fingerprint density at radius 3 is 2.31 bits per heavy atom. The van der Waals surface area contributed by atoms with Gasteiger partial charge in [0.05, 0.1) is 16.6 Å². The Morgan fingerprint density at radius 1 is 0.750 bits per heavy atom. The molecule has 6 aromatic rings. The third-order valence-corrected chi connectivity index (χ3v) is 6.40. The number of aromatic nitrogens is 1. The van der Waals surface area contributed by atoms with Crippen LogP contribution in [0.1, 0.15) is 31.9 Å². The maximum Gasteiger partial charge on any atom is 0.147 e. The van der Waals surface area contributed by atoms with Crippen molar-refractivity contribution >= 4 is 43.6 Å². The molecule has 156 valence electrons. The minimum Gasteiger partial charge on any atom is -0.455 e. The molecule has 0 aliphatic heterocycles. The summed E-state index contributed by atoms with van der Waals surface area (Å²) in [6.07, 6.45) is 0. The molecule has 0 spiro atoms. The molecule has 0 saturated heterocycles. The monoisotopic (exact) mass is 415 g/mol. The van der Waals surface area contributed by atoms with Crippen molar-refractivity contribution in [3.05, 3.63) is 90.0 Å². The quantitative estimate of drug-likeness (QED) is 0.269. The zero-order valence-electron chi connectivity index (χ0n) is 18.9. The van der Waals surface area contributed by atoms with Gasteiger partial charge in [0, 0.05) is 16.3 Å². The summed E-state index contributed by atoms with van der Waals surface area (Å²) in [5.74, 6) is 0. The minimum atomic E-state index is 0.0150.